The van der Waals surface area contributed by atoms with Gasteiger partial charge in [0.2, 0.25) is 0 Å². The molecule has 0 saturated heterocycles. The first-order chi connectivity index (χ1) is 6.35. The third-order valence-corrected chi connectivity index (χ3v) is 2.31. The maximum absolute atomic E-state index is 13.9. The molecule has 0 saturated carbocycles. The van der Waals surface area contributed by atoms with Crippen molar-refractivity contribution < 1.29 is 13.2 Å². The van der Waals surface area contributed by atoms with Crippen LogP contribution in [0, 0.1) is 11.6 Å². The highest BCUT2D eigenvalue weighted by Crippen LogP contribution is 2.30. The first-order valence-electron chi connectivity index (χ1n) is 4.25. The van der Waals surface area contributed by atoms with Gasteiger partial charge in [0.1, 0.15) is 11.6 Å². The molecule has 2 atom stereocenters. The van der Waals surface area contributed by atoms with Gasteiger partial charge in [-0.15, -0.1) is 0 Å². The zero-order valence-corrected chi connectivity index (χ0v) is 8.02. The summed E-state index contributed by atoms with van der Waals surface area (Å²) in [6.07, 6.45) is 0. The molecule has 2 unspecified atom stereocenters. The quantitative estimate of drug-likeness (QED) is 0.785. The summed E-state index contributed by atoms with van der Waals surface area (Å²) in [5.74, 6) is -1.46. The van der Waals surface area contributed by atoms with Crippen molar-refractivity contribution in [3.05, 3.63) is 35.4 Å². The summed E-state index contributed by atoms with van der Waals surface area (Å²) < 4.78 is 39.8. The number of nitrogens with two attached hydrogens (primary N) is 1. The molecule has 0 heterocycles. The van der Waals surface area contributed by atoms with Crippen molar-refractivity contribution in [3.8, 4) is 0 Å². The van der Waals surface area contributed by atoms with E-state index in [0.29, 0.717) is 0 Å². The number of hydrogen-bond donors (Lipinski definition) is 1. The Labute approximate surface area is 80.7 Å². The molecule has 2 N–H and O–H groups in total. The molecule has 78 valence electrons. The molecule has 14 heavy (non-hydrogen) atoms. The Kier molecular flexibility index (Phi) is 2.85. The number of halogens is 3. The lowest BCUT2D eigenvalue weighted by atomic mass is 9.91. The van der Waals surface area contributed by atoms with Crippen LogP contribution in [0.1, 0.15) is 19.4 Å². The molecule has 1 aromatic carbocycles. The second kappa shape index (κ2) is 3.61. The number of alkyl halides is 1. The van der Waals surface area contributed by atoms with Gasteiger partial charge in [-0.3, -0.25) is 0 Å². The Morgan fingerprint density at radius 2 is 1.93 bits per heavy atom. The summed E-state index contributed by atoms with van der Waals surface area (Å²) >= 11 is 0. The van der Waals surface area contributed by atoms with Crippen molar-refractivity contribution in [3.63, 3.8) is 0 Å². The summed E-state index contributed by atoms with van der Waals surface area (Å²) in [5, 5.41) is 0. The molecule has 0 aromatic heterocycles. The molecule has 1 rings (SSSR count). The summed E-state index contributed by atoms with van der Waals surface area (Å²) in [4.78, 5) is 0. The predicted molar refractivity (Wildman–Crippen MR) is 48.5 cm³/mol. The van der Waals surface area contributed by atoms with E-state index >= 15 is 0 Å². The van der Waals surface area contributed by atoms with Gasteiger partial charge in [0.25, 0.3) is 0 Å². The molecule has 0 radical (unpaired) electrons. The fourth-order valence-corrected chi connectivity index (χ4v) is 1.12. The van der Waals surface area contributed by atoms with Gasteiger partial charge in [0.15, 0.2) is 5.67 Å². The molecule has 0 spiro atoms. The molecule has 4 heteroatoms. The minimum Gasteiger partial charge on any atom is -0.325 e. The van der Waals surface area contributed by atoms with Gasteiger partial charge in [-0.1, -0.05) is 0 Å². The van der Waals surface area contributed by atoms with E-state index in [9.17, 15) is 13.2 Å². The fourth-order valence-electron chi connectivity index (χ4n) is 1.12. The standard InChI is InChI=1S/C10H12F3N/c1-6(14)10(2,13)8-5-7(11)3-4-9(8)12/h3-6H,14H2,1-2H3. The van der Waals surface area contributed by atoms with Crippen LogP contribution in [0.2, 0.25) is 0 Å². The van der Waals surface area contributed by atoms with E-state index in [4.69, 9.17) is 5.73 Å². The van der Waals surface area contributed by atoms with Gasteiger partial charge >= 0.3 is 0 Å². The van der Waals surface area contributed by atoms with Crippen LogP contribution in [0.3, 0.4) is 0 Å². The first kappa shape index (κ1) is 11.0. The predicted octanol–water partition coefficient (Wildman–Crippen LogP) is 2.50. The van der Waals surface area contributed by atoms with Crippen LogP contribution in [-0.4, -0.2) is 6.04 Å². The van der Waals surface area contributed by atoms with E-state index in [2.05, 4.69) is 0 Å². The van der Waals surface area contributed by atoms with Crippen LogP contribution in [0.15, 0.2) is 18.2 Å². The van der Waals surface area contributed by atoms with Crippen molar-refractivity contribution in [2.24, 2.45) is 5.73 Å². The smallest absolute Gasteiger partial charge is 0.150 e. The van der Waals surface area contributed by atoms with Gasteiger partial charge in [0, 0.05) is 11.6 Å². The van der Waals surface area contributed by atoms with Gasteiger partial charge < -0.3 is 5.73 Å². The van der Waals surface area contributed by atoms with Crippen LogP contribution < -0.4 is 5.73 Å². The van der Waals surface area contributed by atoms with Gasteiger partial charge in [-0.2, -0.15) is 0 Å². The third kappa shape index (κ3) is 1.90. The molecule has 1 nitrogen and oxygen atoms in total. The second-order valence-corrected chi connectivity index (χ2v) is 3.49. The molecule has 0 aliphatic carbocycles. The number of rotatable bonds is 2. The molecule has 0 aliphatic heterocycles. The minimum absolute atomic E-state index is 0.340. The van der Waals surface area contributed by atoms with Crippen LogP contribution in [0.25, 0.3) is 0 Å². The number of hydrogen-bond acceptors (Lipinski definition) is 1. The van der Waals surface area contributed by atoms with Crippen molar-refractivity contribution in [2.75, 3.05) is 0 Å². The van der Waals surface area contributed by atoms with E-state index in [1.54, 1.807) is 0 Å². The monoisotopic (exact) mass is 203 g/mol. The topological polar surface area (TPSA) is 26.0 Å². The zero-order chi connectivity index (χ0) is 10.9. The maximum atomic E-state index is 13.9. The van der Waals surface area contributed by atoms with Gasteiger partial charge in [0.05, 0.1) is 0 Å². The average Bonchev–Trinajstić information content (AvgIpc) is 2.08. The molecular weight excluding hydrogens is 191 g/mol. The van der Waals surface area contributed by atoms with E-state index in [0.717, 1.165) is 25.1 Å². The Balaban J connectivity index is 3.24. The Hall–Kier alpha value is -1.03. The second-order valence-electron chi connectivity index (χ2n) is 3.49. The number of benzene rings is 1. The Bertz CT molecular complexity index is 334. The lowest BCUT2D eigenvalue weighted by molar-refractivity contribution is 0.151. The summed E-state index contributed by atoms with van der Waals surface area (Å²) in [6, 6.07) is 1.76. The summed E-state index contributed by atoms with van der Waals surface area (Å²) in [6.45, 7) is 2.54. The normalized spacial score (nSPS) is 17.6. The third-order valence-electron chi connectivity index (χ3n) is 2.31. The highest BCUT2D eigenvalue weighted by atomic mass is 19.2. The van der Waals surface area contributed by atoms with Crippen LogP contribution in [0.5, 0.6) is 0 Å². The van der Waals surface area contributed by atoms with Crippen LogP contribution in [0.4, 0.5) is 13.2 Å². The Morgan fingerprint density at radius 1 is 1.36 bits per heavy atom. The summed E-state index contributed by atoms with van der Waals surface area (Å²) in [5.41, 5.74) is 2.95. The highest BCUT2D eigenvalue weighted by molar-refractivity contribution is 5.26. The molecular formula is C10H12F3N. The van der Waals surface area contributed by atoms with Gasteiger partial charge in [-0.05, 0) is 32.0 Å². The van der Waals surface area contributed by atoms with Gasteiger partial charge in [-0.25, -0.2) is 13.2 Å². The average molecular weight is 203 g/mol. The highest BCUT2D eigenvalue weighted by Gasteiger charge is 2.33. The maximum Gasteiger partial charge on any atom is 0.150 e. The van der Waals surface area contributed by atoms with Crippen molar-refractivity contribution in [2.45, 2.75) is 25.6 Å². The molecule has 0 amide bonds. The van der Waals surface area contributed by atoms with Crippen molar-refractivity contribution >= 4 is 0 Å². The molecule has 1 aromatic rings. The largest absolute Gasteiger partial charge is 0.325 e. The van der Waals surface area contributed by atoms with Crippen LogP contribution in [-0.2, 0) is 5.67 Å². The van der Waals surface area contributed by atoms with E-state index in [1.165, 1.54) is 6.92 Å². The van der Waals surface area contributed by atoms with Crippen LogP contribution >= 0.6 is 0 Å². The van der Waals surface area contributed by atoms with E-state index in [-0.39, 0.29) is 5.56 Å². The zero-order valence-electron chi connectivity index (χ0n) is 8.02. The van der Waals surface area contributed by atoms with E-state index < -0.39 is 23.3 Å². The van der Waals surface area contributed by atoms with E-state index in [1.807, 2.05) is 0 Å². The lowest BCUT2D eigenvalue weighted by Gasteiger charge is -2.25. The summed E-state index contributed by atoms with van der Waals surface area (Å²) in [7, 11) is 0. The molecule has 0 aliphatic rings. The van der Waals surface area contributed by atoms with Crippen molar-refractivity contribution in [1.82, 2.24) is 0 Å². The molecule has 0 bridgehead atoms. The fraction of sp³-hybridized carbons (Fsp3) is 0.400. The lowest BCUT2D eigenvalue weighted by Crippen LogP contribution is -2.37. The SMILES string of the molecule is CC(N)C(C)(F)c1cc(F)ccc1F. The Morgan fingerprint density at radius 3 is 2.43 bits per heavy atom. The first-order valence-corrected chi connectivity index (χ1v) is 4.25. The van der Waals surface area contributed by atoms with Crippen molar-refractivity contribution in [1.29, 1.82) is 0 Å². The molecule has 0 fully saturated rings. The minimum atomic E-state index is -2.06.